The molecule has 0 bridgehead atoms. The Labute approximate surface area is 123 Å². The Balaban J connectivity index is 2.08. The van der Waals surface area contributed by atoms with E-state index in [0.29, 0.717) is 18.0 Å². The topological polar surface area (TPSA) is 38.5 Å². The van der Waals surface area contributed by atoms with Crippen LogP contribution < -0.4 is 10.5 Å². The van der Waals surface area contributed by atoms with E-state index in [-0.39, 0.29) is 0 Å². The molecule has 1 aromatic rings. The summed E-state index contributed by atoms with van der Waals surface area (Å²) < 4.78 is 5.46. The molecule has 0 aliphatic carbocycles. The normalized spacial score (nSPS) is 25.4. The molecular formula is C17H28N2O. The zero-order valence-electron chi connectivity index (χ0n) is 13.0. The molecular weight excluding hydrogens is 248 g/mol. The largest absolute Gasteiger partial charge is 0.496 e. The maximum Gasteiger partial charge on any atom is 0.122 e. The third-order valence-corrected chi connectivity index (χ3v) is 4.67. The Morgan fingerprint density at radius 3 is 2.85 bits per heavy atom. The number of para-hydroxylation sites is 1. The van der Waals surface area contributed by atoms with Crippen molar-refractivity contribution in [3.8, 4) is 5.75 Å². The minimum absolute atomic E-state index is 0.502. The molecule has 0 amide bonds. The van der Waals surface area contributed by atoms with E-state index >= 15 is 0 Å². The van der Waals surface area contributed by atoms with E-state index in [1.807, 2.05) is 12.1 Å². The van der Waals surface area contributed by atoms with Crippen molar-refractivity contribution >= 4 is 0 Å². The van der Waals surface area contributed by atoms with Crippen molar-refractivity contribution in [2.45, 2.75) is 45.2 Å². The Kier molecular flexibility index (Phi) is 5.44. The molecule has 2 rings (SSSR count). The number of likely N-dealkylation sites (tertiary alicyclic amines) is 1. The lowest BCUT2D eigenvalue weighted by Crippen LogP contribution is -2.52. The fourth-order valence-electron chi connectivity index (χ4n) is 3.50. The first kappa shape index (κ1) is 15.3. The second-order valence-corrected chi connectivity index (χ2v) is 6.03. The summed E-state index contributed by atoms with van der Waals surface area (Å²) in [5, 5.41) is 0. The molecule has 1 aliphatic heterocycles. The van der Waals surface area contributed by atoms with Crippen LogP contribution in [0.25, 0.3) is 0 Å². The highest BCUT2D eigenvalue weighted by molar-refractivity contribution is 5.33. The van der Waals surface area contributed by atoms with Gasteiger partial charge >= 0.3 is 0 Å². The summed E-state index contributed by atoms with van der Waals surface area (Å²) in [5.41, 5.74) is 7.29. The molecule has 1 saturated heterocycles. The zero-order valence-corrected chi connectivity index (χ0v) is 13.0. The predicted octanol–water partition coefficient (Wildman–Crippen LogP) is 2.69. The van der Waals surface area contributed by atoms with E-state index in [1.165, 1.54) is 24.9 Å². The van der Waals surface area contributed by atoms with Gasteiger partial charge in [0.2, 0.25) is 0 Å². The maximum absolute atomic E-state index is 6.00. The number of benzene rings is 1. The minimum Gasteiger partial charge on any atom is -0.496 e. The van der Waals surface area contributed by atoms with Gasteiger partial charge in [0.25, 0.3) is 0 Å². The molecule has 3 unspecified atom stereocenters. The van der Waals surface area contributed by atoms with Gasteiger partial charge < -0.3 is 10.5 Å². The second kappa shape index (κ2) is 7.09. The van der Waals surface area contributed by atoms with E-state index < -0.39 is 0 Å². The van der Waals surface area contributed by atoms with Crippen LogP contribution in [0.2, 0.25) is 0 Å². The van der Waals surface area contributed by atoms with Crippen LogP contribution in [0.5, 0.6) is 5.75 Å². The third-order valence-electron chi connectivity index (χ3n) is 4.67. The predicted molar refractivity (Wildman–Crippen MR) is 84.1 cm³/mol. The first-order chi connectivity index (χ1) is 9.67. The van der Waals surface area contributed by atoms with Crippen LogP contribution >= 0.6 is 0 Å². The molecule has 0 saturated carbocycles. The van der Waals surface area contributed by atoms with Gasteiger partial charge in [0.1, 0.15) is 5.75 Å². The van der Waals surface area contributed by atoms with Crippen LogP contribution in [0.15, 0.2) is 24.3 Å². The van der Waals surface area contributed by atoms with E-state index in [1.54, 1.807) is 7.11 Å². The van der Waals surface area contributed by atoms with Crippen LogP contribution in [-0.2, 0) is 6.42 Å². The van der Waals surface area contributed by atoms with Crippen LogP contribution in [0.4, 0.5) is 0 Å². The molecule has 20 heavy (non-hydrogen) atoms. The summed E-state index contributed by atoms with van der Waals surface area (Å²) in [5.74, 6) is 1.70. The standard InChI is InChI=1S/C17H28N2O/c1-13-7-6-10-19(16(13)12-18)14(2)11-15-8-4-5-9-17(15)20-3/h4-5,8-9,13-14,16H,6-7,10-12,18H2,1-3H3. The van der Waals surface area contributed by atoms with E-state index in [9.17, 15) is 0 Å². The van der Waals surface area contributed by atoms with Crippen molar-refractivity contribution in [1.29, 1.82) is 0 Å². The van der Waals surface area contributed by atoms with Crippen molar-refractivity contribution < 1.29 is 4.74 Å². The summed E-state index contributed by atoms with van der Waals surface area (Å²) in [6.45, 7) is 6.58. The molecule has 1 fully saturated rings. The molecule has 112 valence electrons. The van der Waals surface area contributed by atoms with E-state index in [2.05, 4.69) is 30.9 Å². The molecule has 2 N–H and O–H groups in total. The molecule has 0 aromatic heterocycles. The third kappa shape index (κ3) is 3.33. The average Bonchev–Trinajstić information content (AvgIpc) is 2.47. The first-order valence-electron chi connectivity index (χ1n) is 7.75. The molecule has 1 aromatic carbocycles. The van der Waals surface area contributed by atoms with Crippen molar-refractivity contribution in [2.24, 2.45) is 11.7 Å². The van der Waals surface area contributed by atoms with Crippen LogP contribution in [0.3, 0.4) is 0 Å². The highest BCUT2D eigenvalue weighted by Gasteiger charge is 2.30. The van der Waals surface area contributed by atoms with Gasteiger partial charge in [0.15, 0.2) is 0 Å². The molecule has 0 spiro atoms. The Bertz CT molecular complexity index is 421. The monoisotopic (exact) mass is 276 g/mol. The molecule has 3 atom stereocenters. The number of ether oxygens (including phenoxy) is 1. The quantitative estimate of drug-likeness (QED) is 0.898. The average molecular weight is 276 g/mol. The lowest BCUT2D eigenvalue weighted by atomic mass is 9.88. The molecule has 1 aliphatic rings. The van der Waals surface area contributed by atoms with Crippen LogP contribution in [0.1, 0.15) is 32.3 Å². The number of hydrogen-bond acceptors (Lipinski definition) is 3. The molecule has 1 heterocycles. The van der Waals surface area contributed by atoms with Gasteiger partial charge in [-0.15, -0.1) is 0 Å². The number of methoxy groups -OCH3 is 1. The van der Waals surface area contributed by atoms with Gasteiger partial charge in [-0.25, -0.2) is 0 Å². The summed E-state index contributed by atoms with van der Waals surface area (Å²) in [6.07, 6.45) is 3.61. The van der Waals surface area contributed by atoms with Gasteiger partial charge in [0.05, 0.1) is 7.11 Å². The lowest BCUT2D eigenvalue weighted by Gasteiger charge is -2.43. The van der Waals surface area contributed by atoms with Crippen molar-refractivity contribution in [3.05, 3.63) is 29.8 Å². The second-order valence-electron chi connectivity index (χ2n) is 6.03. The Morgan fingerprint density at radius 2 is 2.15 bits per heavy atom. The highest BCUT2D eigenvalue weighted by Crippen LogP contribution is 2.27. The minimum atomic E-state index is 0.502. The zero-order chi connectivity index (χ0) is 14.5. The van der Waals surface area contributed by atoms with Gasteiger partial charge in [0, 0.05) is 18.6 Å². The van der Waals surface area contributed by atoms with Gasteiger partial charge in [-0.3, -0.25) is 4.90 Å². The molecule has 0 radical (unpaired) electrons. The highest BCUT2D eigenvalue weighted by atomic mass is 16.5. The Hall–Kier alpha value is -1.06. The molecule has 3 heteroatoms. The number of nitrogens with two attached hydrogens (primary N) is 1. The first-order valence-corrected chi connectivity index (χ1v) is 7.75. The summed E-state index contributed by atoms with van der Waals surface area (Å²) in [7, 11) is 1.75. The number of hydrogen-bond donors (Lipinski definition) is 1. The van der Waals surface area contributed by atoms with Crippen molar-refractivity contribution in [2.75, 3.05) is 20.2 Å². The van der Waals surface area contributed by atoms with Gasteiger partial charge in [-0.05, 0) is 50.3 Å². The fraction of sp³-hybridized carbons (Fsp3) is 0.647. The van der Waals surface area contributed by atoms with Crippen LogP contribution in [0, 0.1) is 5.92 Å². The molecule has 3 nitrogen and oxygen atoms in total. The van der Waals surface area contributed by atoms with E-state index in [0.717, 1.165) is 18.7 Å². The van der Waals surface area contributed by atoms with Gasteiger partial charge in [-0.1, -0.05) is 25.1 Å². The SMILES string of the molecule is COc1ccccc1CC(C)N1CCCC(C)C1CN. The smallest absolute Gasteiger partial charge is 0.122 e. The number of rotatable bonds is 5. The Morgan fingerprint density at radius 1 is 1.40 bits per heavy atom. The van der Waals surface area contributed by atoms with E-state index in [4.69, 9.17) is 10.5 Å². The summed E-state index contributed by atoms with van der Waals surface area (Å²) >= 11 is 0. The van der Waals surface area contributed by atoms with Crippen LogP contribution in [-0.4, -0.2) is 37.2 Å². The fourth-order valence-corrected chi connectivity index (χ4v) is 3.50. The van der Waals surface area contributed by atoms with Crippen molar-refractivity contribution in [1.82, 2.24) is 4.90 Å². The summed E-state index contributed by atoms with van der Waals surface area (Å²) in [6, 6.07) is 9.35. The van der Waals surface area contributed by atoms with Gasteiger partial charge in [-0.2, -0.15) is 0 Å². The maximum atomic E-state index is 6.00. The summed E-state index contributed by atoms with van der Waals surface area (Å²) in [4.78, 5) is 2.60. The number of piperidine rings is 1. The van der Waals surface area contributed by atoms with Crippen molar-refractivity contribution in [3.63, 3.8) is 0 Å². The lowest BCUT2D eigenvalue weighted by molar-refractivity contribution is 0.0690. The number of nitrogens with zero attached hydrogens (tertiary/aromatic N) is 1.